The fourth-order valence-corrected chi connectivity index (χ4v) is 2.02. The molecule has 0 saturated carbocycles. The van der Waals surface area contributed by atoms with Gasteiger partial charge in [-0.3, -0.25) is 4.55 Å². The van der Waals surface area contributed by atoms with Crippen molar-refractivity contribution in [2.24, 2.45) is 0 Å². The van der Waals surface area contributed by atoms with Gasteiger partial charge in [0, 0.05) is 11.5 Å². The van der Waals surface area contributed by atoms with Crippen molar-refractivity contribution >= 4 is 21.9 Å². The molecule has 0 heterocycles. The van der Waals surface area contributed by atoms with Gasteiger partial charge in [-0.2, -0.15) is 20.2 Å². The summed E-state index contributed by atoms with van der Waals surface area (Å²) in [5, 5.41) is 9.02. The van der Waals surface area contributed by atoms with Gasteiger partial charge in [0.2, 0.25) is 0 Å². The van der Waals surface area contributed by atoms with Gasteiger partial charge in [-0.15, -0.1) is 6.58 Å². The lowest BCUT2D eigenvalue weighted by molar-refractivity contribution is 0.220. The fraction of sp³-hybridized carbons (Fsp3) is 0.667. The topological polar surface area (TPSA) is 74.6 Å². The zero-order valence-electron chi connectivity index (χ0n) is 6.51. The molecule has 1 unspecified atom stereocenters. The van der Waals surface area contributed by atoms with Gasteiger partial charge in [0.25, 0.3) is 10.1 Å². The third kappa shape index (κ3) is 8.06. The summed E-state index contributed by atoms with van der Waals surface area (Å²) < 4.78 is 28.8. The predicted molar refractivity (Wildman–Crippen MR) is 49.9 cm³/mol. The molecule has 0 aromatic rings. The van der Waals surface area contributed by atoms with E-state index in [-0.39, 0.29) is 5.75 Å². The highest BCUT2D eigenvalue weighted by molar-refractivity contribution is 7.99. The van der Waals surface area contributed by atoms with E-state index in [0.717, 1.165) is 0 Å². The van der Waals surface area contributed by atoms with Gasteiger partial charge in [0.05, 0.1) is 6.10 Å². The molecule has 0 aromatic heterocycles. The van der Waals surface area contributed by atoms with E-state index in [9.17, 15) is 8.42 Å². The van der Waals surface area contributed by atoms with Gasteiger partial charge in [-0.1, -0.05) is 6.08 Å². The largest absolute Gasteiger partial charge is 0.391 e. The Hall–Kier alpha value is -0.0400. The fourth-order valence-electron chi connectivity index (χ4n) is 0.579. The highest BCUT2D eigenvalue weighted by atomic mass is 32.2. The Kier molecular flexibility index (Phi) is 5.56. The highest BCUT2D eigenvalue weighted by Crippen LogP contribution is 2.04. The second kappa shape index (κ2) is 5.58. The second-order valence-electron chi connectivity index (χ2n) is 2.23. The molecule has 0 aliphatic carbocycles. The molecule has 0 bridgehead atoms. The third-order valence-electron chi connectivity index (χ3n) is 0.949. The zero-order valence-corrected chi connectivity index (χ0v) is 8.14. The molecule has 2 N–H and O–H groups in total. The molecule has 4 nitrogen and oxygen atoms in total. The average Bonchev–Trinajstić information content (AvgIpc) is 1.84. The number of hydrogen-bond acceptors (Lipinski definition) is 4. The van der Waals surface area contributed by atoms with Crippen LogP contribution in [0.4, 0.5) is 0 Å². The van der Waals surface area contributed by atoms with Crippen LogP contribution in [0.5, 0.6) is 0 Å². The maximum atomic E-state index is 10.2. The van der Waals surface area contributed by atoms with Crippen molar-refractivity contribution in [2.75, 3.05) is 17.3 Å². The van der Waals surface area contributed by atoms with Crippen molar-refractivity contribution in [1.82, 2.24) is 0 Å². The molecule has 1 atom stereocenters. The number of aliphatic hydroxyl groups is 1. The second-order valence-corrected chi connectivity index (χ2v) is 4.80. The molecule has 0 spiro atoms. The summed E-state index contributed by atoms with van der Waals surface area (Å²) in [5.74, 6) is 0.339. The minimum Gasteiger partial charge on any atom is -0.391 e. The molecule has 0 aliphatic rings. The molecule has 12 heavy (non-hydrogen) atoms. The Labute approximate surface area is 76.4 Å². The molecule has 0 radical (unpaired) electrons. The van der Waals surface area contributed by atoms with E-state index in [4.69, 9.17) is 9.66 Å². The van der Waals surface area contributed by atoms with Gasteiger partial charge in [0.1, 0.15) is 5.75 Å². The molecular weight excluding hydrogens is 200 g/mol. The van der Waals surface area contributed by atoms with E-state index in [2.05, 4.69) is 6.58 Å². The SMILES string of the molecule is C=CCSCC(O)CS(=O)(=O)O. The number of thioether (sulfide) groups is 1. The van der Waals surface area contributed by atoms with E-state index in [1.807, 2.05) is 0 Å². The Morgan fingerprint density at radius 3 is 2.58 bits per heavy atom. The average molecular weight is 212 g/mol. The molecule has 0 aromatic carbocycles. The minimum absolute atomic E-state index is 0.284. The van der Waals surface area contributed by atoms with E-state index in [0.29, 0.717) is 5.75 Å². The first-order chi connectivity index (χ1) is 5.45. The van der Waals surface area contributed by atoms with Crippen molar-refractivity contribution in [2.45, 2.75) is 6.10 Å². The third-order valence-corrected chi connectivity index (χ3v) is 2.85. The quantitative estimate of drug-likeness (QED) is 0.372. The van der Waals surface area contributed by atoms with Crippen LogP contribution >= 0.6 is 11.8 Å². The van der Waals surface area contributed by atoms with Crippen LogP contribution in [0.1, 0.15) is 0 Å². The van der Waals surface area contributed by atoms with Crippen LogP contribution in [0.2, 0.25) is 0 Å². The Morgan fingerprint density at radius 2 is 2.17 bits per heavy atom. The van der Waals surface area contributed by atoms with Crippen LogP contribution in [0, 0.1) is 0 Å². The standard InChI is InChI=1S/C6H12O4S2/c1-2-3-11-4-6(7)5-12(8,9)10/h2,6-7H,1,3-5H2,(H,8,9,10). The lowest BCUT2D eigenvalue weighted by atomic mass is 10.5. The summed E-state index contributed by atoms with van der Waals surface area (Å²) in [6.45, 7) is 3.46. The van der Waals surface area contributed by atoms with Crippen LogP contribution in [-0.4, -0.2) is 41.4 Å². The van der Waals surface area contributed by atoms with E-state index in [1.165, 1.54) is 11.8 Å². The van der Waals surface area contributed by atoms with Crippen molar-refractivity contribution < 1.29 is 18.1 Å². The Morgan fingerprint density at radius 1 is 1.58 bits per heavy atom. The summed E-state index contributed by atoms with van der Waals surface area (Å²) in [7, 11) is -4.05. The first kappa shape index (κ1) is 12.0. The van der Waals surface area contributed by atoms with Gasteiger partial charge in [-0.05, 0) is 0 Å². The molecule has 0 aliphatic heterocycles. The van der Waals surface area contributed by atoms with Crippen molar-refractivity contribution in [1.29, 1.82) is 0 Å². The molecule has 0 saturated heterocycles. The van der Waals surface area contributed by atoms with Crippen LogP contribution in [0.25, 0.3) is 0 Å². The van der Waals surface area contributed by atoms with E-state index in [1.54, 1.807) is 6.08 Å². The number of hydrogen-bond donors (Lipinski definition) is 2. The molecule has 0 fully saturated rings. The normalized spacial score (nSPS) is 14.2. The van der Waals surface area contributed by atoms with E-state index >= 15 is 0 Å². The lowest BCUT2D eigenvalue weighted by Gasteiger charge is -2.06. The molecule has 72 valence electrons. The summed E-state index contributed by atoms with van der Waals surface area (Å²) in [5.41, 5.74) is 0. The van der Waals surface area contributed by atoms with Crippen molar-refractivity contribution in [3.8, 4) is 0 Å². The molecular formula is C6H12O4S2. The predicted octanol–water partition coefficient (Wildman–Crippen LogP) is 0.154. The first-order valence-electron chi connectivity index (χ1n) is 3.27. The van der Waals surface area contributed by atoms with Crippen LogP contribution < -0.4 is 0 Å². The molecule has 0 rings (SSSR count). The molecule has 0 amide bonds. The smallest absolute Gasteiger partial charge is 0.267 e. The van der Waals surface area contributed by atoms with Gasteiger partial charge < -0.3 is 5.11 Å². The minimum atomic E-state index is -4.05. The number of aliphatic hydroxyl groups excluding tert-OH is 1. The van der Waals surface area contributed by atoms with Gasteiger partial charge in [0.15, 0.2) is 0 Å². The molecule has 6 heteroatoms. The Balaban J connectivity index is 3.60. The highest BCUT2D eigenvalue weighted by Gasteiger charge is 2.13. The van der Waals surface area contributed by atoms with E-state index < -0.39 is 22.0 Å². The summed E-state index contributed by atoms with van der Waals surface area (Å²) in [6.07, 6.45) is 0.648. The van der Waals surface area contributed by atoms with Crippen molar-refractivity contribution in [3.63, 3.8) is 0 Å². The first-order valence-corrected chi connectivity index (χ1v) is 6.04. The summed E-state index contributed by atoms with van der Waals surface area (Å²) in [4.78, 5) is 0. The maximum Gasteiger partial charge on any atom is 0.267 e. The number of rotatable bonds is 6. The van der Waals surface area contributed by atoms with Crippen LogP contribution in [-0.2, 0) is 10.1 Å². The van der Waals surface area contributed by atoms with Crippen LogP contribution in [0.3, 0.4) is 0 Å². The van der Waals surface area contributed by atoms with Crippen LogP contribution in [0.15, 0.2) is 12.7 Å². The Bertz CT molecular complexity index is 222. The monoisotopic (exact) mass is 212 g/mol. The lowest BCUT2D eigenvalue weighted by Crippen LogP contribution is -2.22. The summed E-state index contributed by atoms with van der Waals surface area (Å²) in [6, 6.07) is 0. The summed E-state index contributed by atoms with van der Waals surface area (Å²) >= 11 is 1.36. The van der Waals surface area contributed by atoms with Gasteiger partial charge in [-0.25, -0.2) is 0 Å². The maximum absolute atomic E-state index is 10.2. The zero-order chi connectivity index (χ0) is 9.61. The van der Waals surface area contributed by atoms with Crippen molar-refractivity contribution in [3.05, 3.63) is 12.7 Å². The van der Waals surface area contributed by atoms with Gasteiger partial charge >= 0.3 is 0 Å².